The minimum absolute atomic E-state index is 0.0274. The number of ether oxygens (including phenoxy) is 2. The minimum Gasteiger partial charge on any atom is -0.466 e. The fourth-order valence-electron chi connectivity index (χ4n) is 3.45. The number of carbonyl (C=O) groups excluding carboxylic acids is 4. The van der Waals surface area contributed by atoms with Crippen LogP contribution in [-0.2, 0) is 23.9 Å². The Bertz CT molecular complexity index is 865. The van der Waals surface area contributed by atoms with E-state index in [1.165, 1.54) is 4.90 Å². The molecule has 0 bridgehead atoms. The van der Waals surface area contributed by atoms with Gasteiger partial charge in [0.15, 0.2) is 0 Å². The van der Waals surface area contributed by atoms with Crippen LogP contribution in [0.2, 0.25) is 0 Å². The molecule has 35 heavy (non-hydrogen) atoms. The summed E-state index contributed by atoms with van der Waals surface area (Å²) in [4.78, 5) is 52.4. The number of alkyl carbamates (subject to hydrolysis) is 1. The molecule has 1 rings (SSSR count). The largest absolute Gasteiger partial charge is 0.466 e. The first-order valence-electron chi connectivity index (χ1n) is 12.2. The summed E-state index contributed by atoms with van der Waals surface area (Å²) in [5.41, 5.74) is 0.812. The molecule has 0 aliphatic carbocycles. The lowest BCUT2D eigenvalue weighted by Crippen LogP contribution is -2.52. The van der Waals surface area contributed by atoms with Crippen molar-refractivity contribution >= 4 is 23.9 Å². The summed E-state index contributed by atoms with van der Waals surface area (Å²) in [5.74, 6) is -1.22. The van der Waals surface area contributed by atoms with E-state index < -0.39 is 41.6 Å². The Kier molecular flexibility index (Phi) is 12.3. The monoisotopic (exact) mass is 491 g/mol. The summed E-state index contributed by atoms with van der Waals surface area (Å²) in [5, 5.41) is 5.35. The van der Waals surface area contributed by atoms with Crippen molar-refractivity contribution in [1.82, 2.24) is 15.5 Å². The standard InChI is InChI=1S/C26H41N3O6/c1-8-10-17-29(24(32)19(4)28-25(33)35-26(5,6)7)22(20-14-12-11-13-18(20)3)23(31)27-16-15-21(30)34-9-2/h11-14,19,22H,8-10,15-17H2,1-7H3,(H,27,31)(H,28,33). The van der Waals surface area contributed by atoms with Crippen LogP contribution in [0.4, 0.5) is 4.79 Å². The van der Waals surface area contributed by atoms with Gasteiger partial charge in [-0.1, -0.05) is 37.6 Å². The highest BCUT2D eigenvalue weighted by Gasteiger charge is 2.35. The molecule has 0 spiro atoms. The van der Waals surface area contributed by atoms with Gasteiger partial charge in [0, 0.05) is 13.1 Å². The van der Waals surface area contributed by atoms with Crippen LogP contribution in [0.5, 0.6) is 0 Å². The van der Waals surface area contributed by atoms with Gasteiger partial charge >= 0.3 is 12.1 Å². The fourth-order valence-corrected chi connectivity index (χ4v) is 3.45. The van der Waals surface area contributed by atoms with E-state index in [0.717, 1.165) is 12.0 Å². The molecule has 3 amide bonds. The molecule has 9 nitrogen and oxygen atoms in total. The Morgan fingerprint density at radius 2 is 1.74 bits per heavy atom. The lowest BCUT2D eigenvalue weighted by Gasteiger charge is -2.34. The van der Waals surface area contributed by atoms with Crippen molar-refractivity contribution < 1.29 is 28.7 Å². The number of rotatable bonds is 12. The lowest BCUT2D eigenvalue weighted by molar-refractivity contribution is -0.144. The third kappa shape index (κ3) is 10.4. The van der Waals surface area contributed by atoms with Crippen LogP contribution < -0.4 is 10.6 Å². The summed E-state index contributed by atoms with van der Waals surface area (Å²) >= 11 is 0. The molecule has 0 saturated heterocycles. The molecule has 0 aliphatic heterocycles. The van der Waals surface area contributed by atoms with Crippen LogP contribution in [0.25, 0.3) is 0 Å². The van der Waals surface area contributed by atoms with Crippen LogP contribution in [0.3, 0.4) is 0 Å². The molecule has 0 aromatic heterocycles. The summed E-state index contributed by atoms with van der Waals surface area (Å²) in [6.45, 7) is 13.0. The highest BCUT2D eigenvalue weighted by molar-refractivity contribution is 5.92. The molecular formula is C26H41N3O6. The van der Waals surface area contributed by atoms with Gasteiger partial charge in [0.05, 0.1) is 13.0 Å². The first-order valence-corrected chi connectivity index (χ1v) is 12.2. The molecule has 9 heteroatoms. The van der Waals surface area contributed by atoms with Gasteiger partial charge in [-0.15, -0.1) is 0 Å². The maximum atomic E-state index is 13.5. The Morgan fingerprint density at radius 1 is 1.09 bits per heavy atom. The first-order chi connectivity index (χ1) is 16.4. The van der Waals surface area contributed by atoms with Crippen molar-refractivity contribution in [3.05, 3.63) is 35.4 Å². The summed E-state index contributed by atoms with van der Waals surface area (Å²) in [7, 11) is 0. The molecule has 0 fully saturated rings. The van der Waals surface area contributed by atoms with Gasteiger partial charge in [0.1, 0.15) is 17.7 Å². The van der Waals surface area contributed by atoms with E-state index in [9.17, 15) is 19.2 Å². The van der Waals surface area contributed by atoms with Crippen molar-refractivity contribution in [3.8, 4) is 0 Å². The quantitative estimate of drug-likeness (QED) is 0.432. The zero-order valence-electron chi connectivity index (χ0n) is 22.1. The minimum atomic E-state index is -0.930. The molecule has 0 saturated carbocycles. The van der Waals surface area contributed by atoms with Gasteiger partial charge in [-0.3, -0.25) is 14.4 Å². The number of amides is 3. The molecule has 0 heterocycles. The third-order valence-corrected chi connectivity index (χ3v) is 5.12. The zero-order valence-corrected chi connectivity index (χ0v) is 22.1. The van der Waals surface area contributed by atoms with E-state index >= 15 is 0 Å². The Labute approximate surface area is 208 Å². The van der Waals surface area contributed by atoms with E-state index in [-0.39, 0.29) is 19.6 Å². The van der Waals surface area contributed by atoms with Crippen molar-refractivity contribution in [1.29, 1.82) is 0 Å². The second kappa shape index (κ2) is 14.3. The van der Waals surface area contributed by atoms with Crippen LogP contribution in [-0.4, -0.2) is 60.1 Å². The number of carbonyl (C=O) groups is 4. The number of hydrogen-bond acceptors (Lipinski definition) is 6. The second-order valence-electron chi connectivity index (χ2n) is 9.36. The topological polar surface area (TPSA) is 114 Å². The van der Waals surface area contributed by atoms with Gasteiger partial charge in [0.2, 0.25) is 11.8 Å². The summed E-state index contributed by atoms with van der Waals surface area (Å²) in [6, 6.07) is 5.51. The lowest BCUT2D eigenvalue weighted by atomic mass is 9.98. The smallest absolute Gasteiger partial charge is 0.408 e. The second-order valence-corrected chi connectivity index (χ2v) is 9.36. The number of esters is 1. The molecule has 0 aliphatic rings. The molecular weight excluding hydrogens is 450 g/mol. The molecule has 1 aromatic rings. The average Bonchev–Trinajstić information content (AvgIpc) is 2.75. The number of benzene rings is 1. The Hall–Kier alpha value is -3.10. The molecule has 2 N–H and O–H groups in total. The third-order valence-electron chi connectivity index (χ3n) is 5.12. The Balaban J connectivity index is 3.22. The highest BCUT2D eigenvalue weighted by atomic mass is 16.6. The van der Waals surface area contributed by atoms with Crippen LogP contribution in [0.1, 0.15) is 78.0 Å². The molecule has 2 atom stereocenters. The van der Waals surface area contributed by atoms with Crippen LogP contribution >= 0.6 is 0 Å². The number of unbranched alkanes of at least 4 members (excludes halogenated alkanes) is 1. The molecule has 2 unspecified atom stereocenters. The summed E-state index contributed by atoms with van der Waals surface area (Å²) < 4.78 is 10.2. The van der Waals surface area contributed by atoms with E-state index in [4.69, 9.17) is 9.47 Å². The maximum absolute atomic E-state index is 13.5. The number of nitrogens with zero attached hydrogens (tertiary/aromatic N) is 1. The van der Waals surface area contributed by atoms with Gasteiger partial charge in [-0.2, -0.15) is 0 Å². The van der Waals surface area contributed by atoms with Crippen LogP contribution in [0.15, 0.2) is 24.3 Å². The molecule has 0 radical (unpaired) electrons. The molecule has 196 valence electrons. The fraction of sp³-hybridized carbons (Fsp3) is 0.615. The summed E-state index contributed by atoms with van der Waals surface area (Å²) in [6.07, 6.45) is 0.797. The zero-order chi connectivity index (χ0) is 26.6. The SMILES string of the molecule is CCCCN(C(=O)C(C)NC(=O)OC(C)(C)C)C(C(=O)NCCC(=O)OCC)c1ccccc1C. The van der Waals surface area contributed by atoms with Crippen molar-refractivity contribution in [3.63, 3.8) is 0 Å². The van der Waals surface area contributed by atoms with Crippen molar-refractivity contribution in [2.75, 3.05) is 19.7 Å². The van der Waals surface area contributed by atoms with Crippen LogP contribution in [0, 0.1) is 6.92 Å². The van der Waals surface area contributed by atoms with Crippen molar-refractivity contribution in [2.24, 2.45) is 0 Å². The molecule has 1 aromatic carbocycles. The van der Waals surface area contributed by atoms with E-state index in [2.05, 4.69) is 10.6 Å². The van der Waals surface area contributed by atoms with Crippen molar-refractivity contribution in [2.45, 2.75) is 85.4 Å². The predicted octanol–water partition coefficient (Wildman–Crippen LogP) is 3.65. The predicted molar refractivity (Wildman–Crippen MR) is 134 cm³/mol. The van der Waals surface area contributed by atoms with Gasteiger partial charge in [-0.05, 0) is 59.1 Å². The van der Waals surface area contributed by atoms with E-state index in [1.807, 2.05) is 38.1 Å². The maximum Gasteiger partial charge on any atom is 0.408 e. The Morgan fingerprint density at radius 3 is 2.31 bits per heavy atom. The number of hydrogen-bond donors (Lipinski definition) is 2. The highest BCUT2D eigenvalue weighted by Crippen LogP contribution is 2.26. The van der Waals surface area contributed by atoms with Gasteiger partial charge in [0.25, 0.3) is 0 Å². The first kappa shape index (κ1) is 29.9. The van der Waals surface area contributed by atoms with Gasteiger partial charge in [-0.25, -0.2) is 4.79 Å². The number of aryl methyl sites for hydroxylation is 1. The van der Waals surface area contributed by atoms with E-state index in [0.29, 0.717) is 18.5 Å². The average molecular weight is 492 g/mol. The number of nitrogens with one attached hydrogen (secondary N) is 2. The van der Waals surface area contributed by atoms with E-state index in [1.54, 1.807) is 34.6 Å². The normalized spacial score (nSPS) is 12.8. The van der Waals surface area contributed by atoms with Gasteiger partial charge < -0.3 is 25.0 Å².